The SMILES string of the molecule is CC(C)c1[nH]c2ccccc2[n+]1C. The van der Waals surface area contributed by atoms with Crippen LogP contribution >= 0.6 is 0 Å². The van der Waals surface area contributed by atoms with Crippen molar-refractivity contribution < 1.29 is 4.57 Å². The maximum atomic E-state index is 3.43. The van der Waals surface area contributed by atoms with Gasteiger partial charge in [-0.25, -0.2) is 9.55 Å². The zero-order chi connectivity index (χ0) is 9.42. The molecule has 2 nitrogen and oxygen atoms in total. The Morgan fingerprint density at radius 1 is 1.23 bits per heavy atom. The Labute approximate surface area is 78.2 Å². The second-order valence-electron chi connectivity index (χ2n) is 3.74. The van der Waals surface area contributed by atoms with Crippen LogP contribution in [0.2, 0.25) is 0 Å². The zero-order valence-corrected chi connectivity index (χ0v) is 8.33. The van der Waals surface area contributed by atoms with Crippen molar-refractivity contribution in [2.75, 3.05) is 0 Å². The van der Waals surface area contributed by atoms with Gasteiger partial charge in [0.05, 0.1) is 13.0 Å². The third-order valence-corrected chi connectivity index (χ3v) is 2.44. The summed E-state index contributed by atoms with van der Waals surface area (Å²) in [6, 6.07) is 8.38. The number of fused-ring (bicyclic) bond motifs is 1. The van der Waals surface area contributed by atoms with E-state index in [1.54, 1.807) is 0 Å². The van der Waals surface area contributed by atoms with Crippen LogP contribution in [-0.2, 0) is 7.05 Å². The normalized spacial score (nSPS) is 11.4. The van der Waals surface area contributed by atoms with E-state index >= 15 is 0 Å². The van der Waals surface area contributed by atoms with Gasteiger partial charge < -0.3 is 0 Å². The van der Waals surface area contributed by atoms with Gasteiger partial charge in [-0.3, -0.25) is 0 Å². The van der Waals surface area contributed by atoms with E-state index < -0.39 is 0 Å². The smallest absolute Gasteiger partial charge is 0.241 e. The quantitative estimate of drug-likeness (QED) is 0.640. The molecule has 13 heavy (non-hydrogen) atoms. The molecule has 0 saturated carbocycles. The summed E-state index contributed by atoms with van der Waals surface area (Å²) in [5.41, 5.74) is 2.49. The monoisotopic (exact) mass is 175 g/mol. The number of aromatic nitrogens is 2. The fourth-order valence-corrected chi connectivity index (χ4v) is 1.76. The molecule has 0 radical (unpaired) electrons. The first-order valence-electron chi connectivity index (χ1n) is 4.67. The lowest BCUT2D eigenvalue weighted by Gasteiger charge is -1.96. The molecule has 0 fully saturated rings. The molecule has 2 heteroatoms. The van der Waals surface area contributed by atoms with Crippen LogP contribution in [0.5, 0.6) is 0 Å². The second-order valence-corrected chi connectivity index (χ2v) is 3.74. The molecule has 0 saturated heterocycles. The van der Waals surface area contributed by atoms with Gasteiger partial charge in [-0.15, -0.1) is 0 Å². The summed E-state index contributed by atoms with van der Waals surface area (Å²) >= 11 is 0. The van der Waals surface area contributed by atoms with Crippen molar-refractivity contribution >= 4 is 11.0 Å². The van der Waals surface area contributed by atoms with Crippen LogP contribution < -0.4 is 4.57 Å². The summed E-state index contributed by atoms with van der Waals surface area (Å²) in [5, 5.41) is 0. The number of benzene rings is 1. The summed E-state index contributed by atoms with van der Waals surface area (Å²) in [5.74, 6) is 1.82. The number of H-pyrrole nitrogens is 1. The molecule has 0 unspecified atom stereocenters. The molecule has 1 aromatic heterocycles. The van der Waals surface area contributed by atoms with Gasteiger partial charge in [-0.1, -0.05) is 26.0 Å². The minimum atomic E-state index is 0.539. The highest BCUT2D eigenvalue weighted by Crippen LogP contribution is 2.13. The molecule has 0 spiro atoms. The number of imidazole rings is 1. The van der Waals surface area contributed by atoms with Gasteiger partial charge in [0.15, 0.2) is 11.0 Å². The van der Waals surface area contributed by atoms with Crippen LogP contribution in [-0.4, -0.2) is 4.98 Å². The zero-order valence-electron chi connectivity index (χ0n) is 8.33. The van der Waals surface area contributed by atoms with Crippen molar-refractivity contribution in [2.24, 2.45) is 7.05 Å². The summed E-state index contributed by atoms with van der Waals surface area (Å²) < 4.78 is 2.22. The van der Waals surface area contributed by atoms with Gasteiger partial charge in [0.1, 0.15) is 0 Å². The molecule has 0 bridgehead atoms. The highest BCUT2D eigenvalue weighted by Gasteiger charge is 2.16. The number of aromatic amines is 1. The summed E-state index contributed by atoms with van der Waals surface area (Å²) in [6.45, 7) is 4.40. The average Bonchev–Trinajstić information content (AvgIpc) is 2.45. The van der Waals surface area contributed by atoms with Crippen LogP contribution in [0.25, 0.3) is 11.0 Å². The van der Waals surface area contributed by atoms with E-state index in [2.05, 4.69) is 54.7 Å². The number of nitrogens with one attached hydrogen (secondary N) is 1. The maximum absolute atomic E-state index is 3.43. The molecule has 0 amide bonds. The highest BCUT2D eigenvalue weighted by atomic mass is 15.1. The fourth-order valence-electron chi connectivity index (χ4n) is 1.76. The van der Waals surface area contributed by atoms with E-state index in [0.717, 1.165) is 0 Å². The molecule has 0 atom stereocenters. The molecule has 1 heterocycles. The third-order valence-electron chi connectivity index (χ3n) is 2.44. The van der Waals surface area contributed by atoms with Crippen molar-refractivity contribution in [1.29, 1.82) is 0 Å². The van der Waals surface area contributed by atoms with E-state index in [-0.39, 0.29) is 0 Å². The molecule has 0 aliphatic carbocycles. The lowest BCUT2D eigenvalue weighted by molar-refractivity contribution is -0.654. The van der Waals surface area contributed by atoms with Crippen molar-refractivity contribution in [3.05, 3.63) is 30.1 Å². The molecule has 0 aliphatic heterocycles. The van der Waals surface area contributed by atoms with Gasteiger partial charge >= 0.3 is 0 Å². The molecule has 2 rings (SSSR count). The Hall–Kier alpha value is -1.31. The third kappa shape index (κ3) is 1.22. The Kier molecular flexibility index (Phi) is 1.83. The van der Waals surface area contributed by atoms with Crippen LogP contribution in [0, 0.1) is 0 Å². The van der Waals surface area contributed by atoms with Gasteiger partial charge in [0.25, 0.3) is 5.82 Å². The molecular weight excluding hydrogens is 160 g/mol. The fraction of sp³-hybridized carbons (Fsp3) is 0.364. The van der Waals surface area contributed by atoms with Crippen LogP contribution in [0.15, 0.2) is 24.3 Å². The van der Waals surface area contributed by atoms with Crippen molar-refractivity contribution in [3.8, 4) is 0 Å². The average molecular weight is 175 g/mol. The predicted octanol–water partition coefficient (Wildman–Crippen LogP) is 2.12. The largest absolute Gasteiger partial charge is 0.257 e. The molecule has 68 valence electrons. The summed E-state index contributed by atoms with van der Waals surface area (Å²) in [6.07, 6.45) is 0. The van der Waals surface area contributed by atoms with E-state index in [1.807, 2.05) is 0 Å². The Morgan fingerprint density at radius 3 is 2.54 bits per heavy atom. The minimum absolute atomic E-state index is 0.539. The topological polar surface area (TPSA) is 19.7 Å². The number of para-hydroxylation sites is 2. The van der Waals surface area contributed by atoms with Gasteiger partial charge in [-0.2, -0.15) is 0 Å². The van der Waals surface area contributed by atoms with Gasteiger partial charge in [0.2, 0.25) is 0 Å². The van der Waals surface area contributed by atoms with E-state index in [9.17, 15) is 0 Å². The van der Waals surface area contributed by atoms with Gasteiger partial charge in [-0.05, 0) is 12.1 Å². The second kappa shape index (κ2) is 2.87. The first-order valence-corrected chi connectivity index (χ1v) is 4.67. The standard InChI is InChI=1S/C11H14N2/c1-8(2)11-12-9-6-4-5-7-10(9)13(11)3/h4-8H,1-3H3/p+1. The Balaban J connectivity index is 2.74. The van der Waals surface area contributed by atoms with E-state index in [1.165, 1.54) is 16.9 Å². The van der Waals surface area contributed by atoms with Crippen LogP contribution in [0.3, 0.4) is 0 Å². The number of aryl methyl sites for hydroxylation is 1. The number of rotatable bonds is 1. The Bertz CT molecular complexity index is 427. The molecule has 1 N–H and O–H groups in total. The van der Waals surface area contributed by atoms with Crippen LogP contribution in [0.1, 0.15) is 25.6 Å². The van der Waals surface area contributed by atoms with Crippen molar-refractivity contribution in [3.63, 3.8) is 0 Å². The number of hydrogen-bond acceptors (Lipinski definition) is 0. The van der Waals surface area contributed by atoms with Crippen LogP contribution in [0.4, 0.5) is 0 Å². The lowest BCUT2D eigenvalue weighted by Crippen LogP contribution is -2.32. The first kappa shape index (κ1) is 8.30. The maximum Gasteiger partial charge on any atom is 0.257 e. The van der Waals surface area contributed by atoms with Crippen molar-refractivity contribution in [2.45, 2.75) is 19.8 Å². The van der Waals surface area contributed by atoms with E-state index in [4.69, 9.17) is 0 Å². The highest BCUT2D eigenvalue weighted by molar-refractivity contribution is 5.71. The number of hydrogen-bond donors (Lipinski definition) is 1. The summed E-state index contributed by atoms with van der Waals surface area (Å²) in [4.78, 5) is 3.43. The van der Waals surface area contributed by atoms with Crippen molar-refractivity contribution in [1.82, 2.24) is 4.98 Å². The van der Waals surface area contributed by atoms with E-state index in [0.29, 0.717) is 5.92 Å². The molecule has 1 aromatic carbocycles. The Morgan fingerprint density at radius 2 is 1.92 bits per heavy atom. The summed E-state index contributed by atoms with van der Waals surface area (Å²) in [7, 11) is 2.11. The number of nitrogens with zero attached hydrogens (tertiary/aromatic N) is 1. The lowest BCUT2D eigenvalue weighted by atomic mass is 10.2. The molecule has 2 aromatic rings. The minimum Gasteiger partial charge on any atom is -0.241 e. The molecule has 0 aliphatic rings. The van der Waals surface area contributed by atoms with Gasteiger partial charge in [0, 0.05) is 0 Å². The predicted molar refractivity (Wildman–Crippen MR) is 53.6 cm³/mol. The molecular formula is C11H15N2+. The first-order chi connectivity index (χ1) is 6.20.